The molecule has 0 spiro atoms. The van der Waals surface area contributed by atoms with Crippen molar-refractivity contribution < 1.29 is 14.5 Å². The first kappa shape index (κ1) is 26.8. The van der Waals surface area contributed by atoms with E-state index in [1.54, 1.807) is 12.3 Å². The van der Waals surface area contributed by atoms with Crippen LogP contribution in [-0.2, 0) is 4.79 Å². The Bertz CT molecular complexity index is 1570. The average molecular weight is 557 g/mol. The van der Waals surface area contributed by atoms with Gasteiger partial charge < -0.3 is 24.8 Å². The summed E-state index contributed by atoms with van der Waals surface area (Å²) in [5, 5.41) is 18.1. The summed E-state index contributed by atoms with van der Waals surface area (Å²) in [5.41, 5.74) is 4.82. The number of nitro groups is 1. The van der Waals surface area contributed by atoms with E-state index in [1.807, 2.05) is 71.8 Å². The number of amides is 1. The second-order valence-corrected chi connectivity index (χ2v) is 9.83. The standard InChI is InChI=1S/C29H28N6O4S/c1-18-15-22(19(2)34(18)24-13-12-21(35(37)38)16-25(24)39-3)28-27(23-11-7-8-14-30-23)32-29(40)33(28)17-26(36)31-20-9-5-4-6-10-20/h4-16,27-28H,17H2,1-3H3,(H,31,36)(H,32,40)/t27-,28-/m0/s1. The molecular weight excluding hydrogens is 528 g/mol. The van der Waals surface area contributed by atoms with Crippen molar-refractivity contribution in [1.82, 2.24) is 19.8 Å². The molecule has 0 unspecified atom stereocenters. The smallest absolute Gasteiger partial charge is 0.273 e. The molecule has 0 bridgehead atoms. The van der Waals surface area contributed by atoms with Gasteiger partial charge in [-0.1, -0.05) is 24.3 Å². The van der Waals surface area contributed by atoms with Gasteiger partial charge in [-0.15, -0.1) is 0 Å². The van der Waals surface area contributed by atoms with E-state index >= 15 is 0 Å². The molecule has 204 valence electrons. The lowest BCUT2D eigenvalue weighted by atomic mass is 9.96. The van der Waals surface area contributed by atoms with Crippen LogP contribution >= 0.6 is 12.2 Å². The molecule has 11 heteroatoms. The summed E-state index contributed by atoms with van der Waals surface area (Å²) in [7, 11) is 1.49. The van der Waals surface area contributed by atoms with Crippen LogP contribution in [0.3, 0.4) is 0 Å². The number of nitro benzene ring substituents is 1. The van der Waals surface area contributed by atoms with Gasteiger partial charge in [0.25, 0.3) is 5.69 Å². The quantitative estimate of drug-likeness (QED) is 0.177. The van der Waals surface area contributed by atoms with E-state index in [-0.39, 0.29) is 30.2 Å². The third-order valence-electron chi connectivity index (χ3n) is 6.97. The van der Waals surface area contributed by atoms with Crippen LogP contribution in [0.2, 0.25) is 0 Å². The number of pyridine rings is 1. The fraction of sp³-hybridized carbons (Fsp3) is 0.207. The maximum Gasteiger partial charge on any atom is 0.273 e. The van der Waals surface area contributed by atoms with Crippen molar-refractivity contribution in [1.29, 1.82) is 0 Å². The number of non-ortho nitro benzene ring substituents is 1. The maximum absolute atomic E-state index is 13.2. The fourth-order valence-corrected chi connectivity index (χ4v) is 5.52. The summed E-state index contributed by atoms with van der Waals surface area (Å²) < 4.78 is 7.54. The Labute approximate surface area is 236 Å². The molecule has 1 fully saturated rings. The minimum absolute atomic E-state index is 0.0270. The number of para-hydroxylation sites is 1. The molecule has 1 aliphatic heterocycles. The van der Waals surface area contributed by atoms with Gasteiger partial charge in [0.1, 0.15) is 12.3 Å². The summed E-state index contributed by atoms with van der Waals surface area (Å²) in [6, 6.07) is 20.9. The summed E-state index contributed by atoms with van der Waals surface area (Å²) >= 11 is 5.75. The maximum atomic E-state index is 13.2. The summed E-state index contributed by atoms with van der Waals surface area (Å²) in [6.07, 6.45) is 1.73. The first-order chi connectivity index (χ1) is 19.3. The Morgan fingerprint density at radius 2 is 1.88 bits per heavy atom. The van der Waals surface area contributed by atoms with Crippen molar-refractivity contribution in [2.75, 3.05) is 19.0 Å². The van der Waals surface area contributed by atoms with Gasteiger partial charge in [-0.25, -0.2) is 0 Å². The van der Waals surface area contributed by atoms with E-state index in [9.17, 15) is 14.9 Å². The highest BCUT2D eigenvalue weighted by atomic mass is 32.1. The monoisotopic (exact) mass is 556 g/mol. The normalized spacial score (nSPS) is 16.5. The van der Waals surface area contributed by atoms with Crippen LogP contribution in [0.5, 0.6) is 5.75 Å². The number of hydrogen-bond donors (Lipinski definition) is 2. The molecule has 1 saturated heterocycles. The second kappa shape index (κ2) is 11.1. The molecule has 0 saturated carbocycles. The minimum atomic E-state index is -0.450. The number of nitrogens with zero attached hydrogens (tertiary/aromatic N) is 4. The number of rotatable bonds is 8. The molecule has 0 aliphatic carbocycles. The van der Waals surface area contributed by atoms with Gasteiger partial charge in [0, 0.05) is 29.3 Å². The topological polar surface area (TPSA) is 115 Å². The van der Waals surface area contributed by atoms with Gasteiger partial charge in [0.15, 0.2) is 5.11 Å². The summed E-state index contributed by atoms with van der Waals surface area (Å²) in [6.45, 7) is 3.96. The number of aromatic nitrogens is 2. The molecule has 2 N–H and O–H groups in total. The number of methoxy groups -OCH3 is 1. The number of ether oxygens (including phenoxy) is 1. The first-order valence-electron chi connectivity index (χ1n) is 12.6. The molecular formula is C29H28N6O4S. The highest BCUT2D eigenvalue weighted by Crippen LogP contribution is 2.42. The molecule has 2 aromatic carbocycles. The Morgan fingerprint density at radius 1 is 1.12 bits per heavy atom. The van der Waals surface area contributed by atoms with Crippen molar-refractivity contribution in [3.8, 4) is 11.4 Å². The molecule has 3 heterocycles. The highest BCUT2D eigenvalue weighted by Gasteiger charge is 2.42. The predicted octanol–water partition coefficient (Wildman–Crippen LogP) is 5.02. The van der Waals surface area contributed by atoms with Crippen LogP contribution < -0.4 is 15.4 Å². The van der Waals surface area contributed by atoms with E-state index in [0.717, 1.165) is 22.6 Å². The Hall–Kier alpha value is -4.77. The van der Waals surface area contributed by atoms with E-state index in [2.05, 4.69) is 21.7 Å². The number of benzene rings is 2. The van der Waals surface area contributed by atoms with E-state index in [1.165, 1.54) is 19.2 Å². The summed E-state index contributed by atoms with van der Waals surface area (Å²) in [5.74, 6) is 0.177. The lowest BCUT2D eigenvalue weighted by Gasteiger charge is -2.27. The van der Waals surface area contributed by atoms with Gasteiger partial charge in [0.05, 0.1) is 41.6 Å². The fourth-order valence-electron chi connectivity index (χ4n) is 5.21. The third-order valence-corrected chi connectivity index (χ3v) is 7.33. The molecule has 1 amide bonds. The van der Waals surface area contributed by atoms with Gasteiger partial charge >= 0.3 is 0 Å². The second-order valence-electron chi connectivity index (χ2n) is 9.44. The molecule has 1 aliphatic rings. The van der Waals surface area contributed by atoms with Crippen LogP contribution in [-0.4, -0.2) is 44.0 Å². The molecule has 10 nitrogen and oxygen atoms in total. The first-order valence-corrected chi connectivity index (χ1v) is 13.0. The Morgan fingerprint density at radius 3 is 2.55 bits per heavy atom. The van der Waals surface area contributed by atoms with Crippen molar-refractivity contribution in [3.63, 3.8) is 0 Å². The van der Waals surface area contributed by atoms with Crippen LogP contribution in [0.4, 0.5) is 11.4 Å². The molecule has 40 heavy (non-hydrogen) atoms. The highest BCUT2D eigenvalue weighted by molar-refractivity contribution is 7.80. The number of hydrogen-bond acceptors (Lipinski definition) is 6. The zero-order chi connectivity index (χ0) is 28.4. The number of nitrogens with one attached hydrogen (secondary N) is 2. The van der Waals surface area contributed by atoms with Crippen LogP contribution in [0.25, 0.3) is 5.69 Å². The third kappa shape index (κ3) is 5.10. The van der Waals surface area contributed by atoms with E-state index in [0.29, 0.717) is 22.2 Å². The predicted molar refractivity (Wildman–Crippen MR) is 156 cm³/mol. The zero-order valence-electron chi connectivity index (χ0n) is 22.2. The van der Waals surface area contributed by atoms with E-state index < -0.39 is 4.92 Å². The van der Waals surface area contributed by atoms with Gasteiger partial charge in [-0.2, -0.15) is 0 Å². The van der Waals surface area contributed by atoms with Gasteiger partial charge in [-0.05, 0) is 68.0 Å². The average Bonchev–Trinajstić information content (AvgIpc) is 3.43. The van der Waals surface area contributed by atoms with Crippen LogP contribution in [0.1, 0.15) is 34.7 Å². The lowest BCUT2D eigenvalue weighted by Crippen LogP contribution is -2.37. The number of thiocarbonyl (C=S) groups is 1. The summed E-state index contributed by atoms with van der Waals surface area (Å²) in [4.78, 5) is 30.5. The molecule has 2 atom stereocenters. The number of carbonyl (C=O) groups is 1. The Kier molecular flexibility index (Phi) is 7.47. The molecule has 4 aromatic rings. The van der Waals surface area contributed by atoms with Crippen LogP contribution in [0.15, 0.2) is 79.0 Å². The number of carbonyl (C=O) groups excluding carboxylic acids is 1. The van der Waals surface area contributed by atoms with Crippen molar-refractivity contribution >= 4 is 34.6 Å². The largest absolute Gasteiger partial charge is 0.494 e. The molecule has 5 rings (SSSR count). The SMILES string of the molecule is COc1cc([N+](=O)[O-])ccc1-n1c(C)cc([C@H]2[C@H](c3ccccn3)NC(=S)N2CC(=O)Nc2ccccc2)c1C. The molecule has 2 aromatic heterocycles. The lowest BCUT2D eigenvalue weighted by molar-refractivity contribution is -0.384. The Balaban J connectivity index is 1.57. The number of aryl methyl sites for hydroxylation is 1. The van der Waals surface area contributed by atoms with Gasteiger partial charge in [-0.3, -0.25) is 19.9 Å². The van der Waals surface area contributed by atoms with E-state index in [4.69, 9.17) is 17.0 Å². The van der Waals surface area contributed by atoms with Crippen molar-refractivity contribution in [3.05, 3.63) is 112 Å². The van der Waals surface area contributed by atoms with Crippen molar-refractivity contribution in [2.45, 2.75) is 25.9 Å². The van der Waals surface area contributed by atoms with Crippen LogP contribution in [0, 0.1) is 24.0 Å². The molecule has 0 radical (unpaired) electrons. The number of anilines is 1. The zero-order valence-corrected chi connectivity index (χ0v) is 23.0. The minimum Gasteiger partial charge on any atom is -0.494 e. The van der Waals surface area contributed by atoms with Gasteiger partial charge in [0.2, 0.25) is 5.91 Å². The van der Waals surface area contributed by atoms with Crippen molar-refractivity contribution in [2.24, 2.45) is 0 Å².